The normalized spacial score (nSPS) is 11.6. The Morgan fingerprint density at radius 3 is 2.39 bits per heavy atom. The Hall–Kier alpha value is -2.02. The molecule has 1 aromatic heterocycles. The van der Waals surface area contributed by atoms with E-state index in [4.69, 9.17) is 23.2 Å². The molecule has 0 radical (unpaired) electrons. The zero-order chi connectivity index (χ0) is 20.6. The molecular formula is C20H21Cl2N3O2S. The van der Waals surface area contributed by atoms with Gasteiger partial charge in [-0.05, 0) is 62.6 Å². The molecule has 3 aromatic rings. The molecule has 2 aromatic carbocycles. The van der Waals surface area contributed by atoms with E-state index in [1.54, 1.807) is 42.8 Å². The van der Waals surface area contributed by atoms with Crippen molar-refractivity contribution in [1.82, 2.24) is 9.78 Å². The van der Waals surface area contributed by atoms with Gasteiger partial charge < -0.3 is 0 Å². The van der Waals surface area contributed by atoms with Crippen LogP contribution < -0.4 is 4.72 Å². The fraction of sp³-hybridized carbons (Fsp3) is 0.250. The lowest BCUT2D eigenvalue weighted by Gasteiger charge is -2.12. The number of benzene rings is 2. The summed E-state index contributed by atoms with van der Waals surface area (Å²) in [5, 5.41) is 5.44. The van der Waals surface area contributed by atoms with E-state index in [0.717, 1.165) is 16.8 Å². The highest BCUT2D eigenvalue weighted by Crippen LogP contribution is 2.27. The number of anilines is 1. The van der Waals surface area contributed by atoms with Gasteiger partial charge in [-0.1, -0.05) is 41.4 Å². The van der Waals surface area contributed by atoms with Crippen molar-refractivity contribution >= 4 is 38.9 Å². The van der Waals surface area contributed by atoms with Gasteiger partial charge in [-0.25, -0.2) is 8.42 Å². The van der Waals surface area contributed by atoms with Gasteiger partial charge in [0.15, 0.2) is 0 Å². The molecule has 0 saturated carbocycles. The molecule has 0 aliphatic carbocycles. The van der Waals surface area contributed by atoms with Crippen LogP contribution in [-0.4, -0.2) is 18.2 Å². The van der Waals surface area contributed by atoms with Gasteiger partial charge in [0.25, 0.3) is 10.0 Å². The minimum Gasteiger partial charge on any atom is -0.276 e. The van der Waals surface area contributed by atoms with E-state index < -0.39 is 10.0 Å². The SMILES string of the molecule is Cc1ccc(C)c(S(=O)(=O)Nc2c(C)nn(Cc3ccc(Cl)c(Cl)c3)c2C)c1. The van der Waals surface area contributed by atoms with E-state index in [1.807, 2.05) is 26.0 Å². The standard InChI is InChI=1S/C20H21Cl2N3O2S/c1-12-5-6-13(2)19(9-12)28(26,27)24-20-14(3)23-25(15(20)4)11-16-7-8-17(21)18(22)10-16/h5-10,24H,11H2,1-4H3. The Kier molecular flexibility index (Phi) is 5.75. The number of hydrogen-bond acceptors (Lipinski definition) is 3. The molecule has 8 heteroatoms. The van der Waals surface area contributed by atoms with Crippen molar-refractivity contribution in [2.75, 3.05) is 4.72 Å². The fourth-order valence-electron chi connectivity index (χ4n) is 3.00. The Balaban J connectivity index is 1.93. The lowest BCUT2D eigenvalue weighted by atomic mass is 10.2. The van der Waals surface area contributed by atoms with Crippen LogP contribution in [0.25, 0.3) is 0 Å². The first-order valence-corrected chi connectivity index (χ1v) is 10.9. The van der Waals surface area contributed by atoms with Gasteiger partial charge >= 0.3 is 0 Å². The predicted octanol–water partition coefficient (Wildman–Crippen LogP) is 5.27. The lowest BCUT2D eigenvalue weighted by Crippen LogP contribution is -2.15. The second kappa shape index (κ2) is 7.78. The highest BCUT2D eigenvalue weighted by molar-refractivity contribution is 7.92. The van der Waals surface area contributed by atoms with Gasteiger partial charge in [-0.3, -0.25) is 9.40 Å². The molecule has 0 saturated heterocycles. The van der Waals surface area contributed by atoms with Crippen LogP contribution in [0.3, 0.4) is 0 Å². The third kappa shape index (κ3) is 4.19. The molecule has 0 unspecified atom stereocenters. The topological polar surface area (TPSA) is 64.0 Å². The van der Waals surface area contributed by atoms with Gasteiger partial charge in [0, 0.05) is 0 Å². The molecular weight excluding hydrogens is 417 g/mol. The van der Waals surface area contributed by atoms with E-state index in [9.17, 15) is 8.42 Å². The molecule has 0 atom stereocenters. The average Bonchev–Trinajstić information content (AvgIpc) is 2.87. The monoisotopic (exact) mass is 437 g/mol. The molecule has 0 bridgehead atoms. The molecule has 0 amide bonds. The zero-order valence-corrected chi connectivity index (χ0v) is 18.4. The van der Waals surface area contributed by atoms with Crippen LogP contribution in [-0.2, 0) is 16.6 Å². The Labute approximate surface area is 175 Å². The fourth-order valence-corrected chi connectivity index (χ4v) is 4.82. The lowest BCUT2D eigenvalue weighted by molar-refractivity contribution is 0.600. The summed E-state index contributed by atoms with van der Waals surface area (Å²) in [6.45, 7) is 7.71. The van der Waals surface area contributed by atoms with E-state index >= 15 is 0 Å². The van der Waals surface area contributed by atoms with Gasteiger partial charge in [0.1, 0.15) is 0 Å². The van der Waals surface area contributed by atoms with Gasteiger partial charge in [-0.15, -0.1) is 0 Å². The van der Waals surface area contributed by atoms with Crippen LogP contribution in [0, 0.1) is 27.7 Å². The van der Waals surface area contributed by atoms with E-state index in [-0.39, 0.29) is 4.90 Å². The van der Waals surface area contributed by atoms with Gasteiger partial charge in [0.05, 0.1) is 38.6 Å². The molecule has 0 spiro atoms. The first-order chi connectivity index (χ1) is 13.1. The number of halogens is 2. The maximum absolute atomic E-state index is 12.9. The van der Waals surface area contributed by atoms with Crippen molar-refractivity contribution in [3.8, 4) is 0 Å². The second-order valence-corrected chi connectivity index (χ2v) is 9.29. The molecule has 0 aliphatic heterocycles. The second-order valence-electron chi connectivity index (χ2n) is 6.83. The van der Waals surface area contributed by atoms with Crippen molar-refractivity contribution in [2.24, 2.45) is 0 Å². The van der Waals surface area contributed by atoms with Crippen LogP contribution >= 0.6 is 23.2 Å². The average molecular weight is 438 g/mol. The number of nitrogens with one attached hydrogen (secondary N) is 1. The highest BCUT2D eigenvalue weighted by Gasteiger charge is 2.22. The summed E-state index contributed by atoms with van der Waals surface area (Å²) in [7, 11) is -3.73. The first-order valence-electron chi connectivity index (χ1n) is 8.66. The number of nitrogens with zero attached hydrogens (tertiary/aromatic N) is 2. The van der Waals surface area contributed by atoms with E-state index in [2.05, 4.69) is 9.82 Å². The van der Waals surface area contributed by atoms with Crippen LogP contribution in [0.5, 0.6) is 0 Å². The third-order valence-corrected chi connectivity index (χ3v) is 6.80. The van der Waals surface area contributed by atoms with Crippen LogP contribution in [0.15, 0.2) is 41.3 Å². The Morgan fingerprint density at radius 2 is 1.71 bits per heavy atom. The summed E-state index contributed by atoms with van der Waals surface area (Å²) < 4.78 is 30.4. The maximum atomic E-state index is 12.9. The maximum Gasteiger partial charge on any atom is 0.262 e. The molecule has 1 N–H and O–H groups in total. The number of aromatic nitrogens is 2. The zero-order valence-electron chi connectivity index (χ0n) is 16.0. The van der Waals surface area contributed by atoms with E-state index in [1.165, 1.54) is 0 Å². The Bertz CT molecular complexity index is 1150. The number of hydrogen-bond donors (Lipinski definition) is 1. The summed E-state index contributed by atoms with van der Waals surface area (Å²) in [5.41, 5.74) is 4.31. The summed E-state index contributed by atoms with van der Waals surface area (Å²) in [5.74, 6) is 0. The third-order valence-electron chi connectivity index (χ3n) is 4.57. The van der Waals surface area contributed by atoms with E-state index in [0.29, 0.717) is 33.5 Å². The summed E-state index contributed by atoms with van der Waals surface area (Å²) >= 11 is 12.1. The highest BCUT2D eigenvalue weighted by atomic mass is 35.5. The van der Waals surface area contributed by atoms with Gasteiger partial charge in [-0.2, -0.15) is 5.10 Å². The van der Waals surface area contributed by atoms with Gasteiger partial charge in [0.2, 0.25) is 0 Å². The van der Waals surface area contributed by atoms with Crippen molar-refractivity contribution in [2.45, 2.75) is 39.1 Å². The Morgan fingerprint density at radius 1 is 1.00 bits per heavy atom. The van der Waals surface area contributed by atoms with Crippen molar-refractivity contribution in [3.63, 3.8) is 0 Å². The quantitative estimate of drug-likeness (QED) is 0.590. The molecule has 148 valence electrons. The molecule has 3 rings (SSSR count). The minimum atomic E-state index is -3.73. The summed E-state index contributed by atoms with van der Waals surface area (Å²) in [6.07, 6.45) is 0. The van der Waals surface area contributed by atoms with Crippen LogP contribution in [0.4, 0.5) is 5.69 Å². The van der Waals surface area contributed by atoms with Crippen molar-refractivity contribution in [1.29, 1.82) is 0 Å². The van der Waals surface area contributed by atoms with Crippen LogP contribution in [0.2, 0.25) is 10.0 Å². The predicted molar refractivity (Wildman–Crippen MR) is 114 cm³/mol. The smallest absolute Gasteiger partial charge is 0.262 e. The summed E-state index contributed by atoms with van der Waals surface area (Å²) in [6, 6.07) is 10.7. The number of aryl methyl sites for hydroxylation is 3. The largest absolute Gasteiger partial charge is 0.276 e. The first kappa shape index (κ1) is 20.7. The van der Waals surface area contributed by atoms with Crippen molar-refractivity contribution < 1.29 is 8.42 Å². The molecule has 1 heterocycles. The minimum absolute atomic E-state index is 0.267. The number of rotatable bonds is 5. The van der Waals surface area contributed by atoms with Crippen molar-refractivity contribution in [3.05, 3.63) is 74.5 Å². The molecule has 0 fully saturated rings. The molecule has 28 heavy (non-hydrogen) atoms. The van der Waals surface area contributed by atoms with Crippen LogP contribution in [0.1, 0.15) is 28.1 Å². The molecule has 5 nitrogen and oxygen atoms in total. The number of sulfonamides is 1. The summed E-state index contributed by atoms with van der Waals surface area (Å²) in [4.78, 5) is 0.267. The molecule has 0 aliphatic rings.